The van der Waals surface area contributed by atoms with E-state index in [0.717, 1.165) is 12.0 Å². The molecule has 1 amide bonds. The second-order valence-corrected chi connectivity index (χ2v) is 6.29. The van der Waals surface area contributed by atoms with Crippen molar-refractivity contribution in [2.75, 3.05) is 6.61 Å². The number of ether oxygens (including phenoxy) is 1. The molecule has 1 saturated heterocycles. The zero-order chi connectivity index (χ0) is 16.4. The van der Waals surface area contributed by atoms with E-state index in [-0.39, 0.29) is 18.4 Å². The molecule has 2 aliphatic rings. The SMILES string of the molecule is O=C(O)C[C@H]1[C@H](O)C[C@@H]1NC(=O)C1(c2ccccc2)CCCO1. The van der Waals surface area contributed by atoms with Gasteiger partial charge in [0.2, 0.25) is 0 Å². The Morgan fingerprint density at radius 3 is 2.61 bits per heavy atom. The number of nitrogens with one attached hydrogen (secondary N) is 1. The molecule has 1 saturated carbocycles. The van der Waals surface area contributed by atoms with Gasteiger partial charge >= 0.3 is 5.97 Å². The summed E-state index contributed by atoms with van der Waals surface area (Å²) in [5, 5.41) is 21.5. The van der Waals surface area contributed by atoms with Gasteiger partial charge in [0.05, 0.1) is 12.5 Å². The highest BCUT2D eigenvalue weighted by Gasteiger charge is 2.48. The average Bonchev–Trinajstić information content (AvgIpc) is 3.04. The number of aliphatic hydroxyl groups excluding tert-OH is 1. The largest absolute Gasteiger partial charge is 0.481 e. The number of aliphatic hydroxyl groups is 1. The Kier molecular flexibility index (Phi) is 4.37. The van der Waals surface area contributed by atoms with E-state index in [1.54, 1.807) is 0 Å². The van der Waals surface area contributed by atoms with E-state index in [1.807, 2.05) is 30.3 Å². The molecule has 1 aromatic rings. The molecule has 6 heteroatoms. The van der Waals surface area contributed by atoms with Crippen LogP contribution in [0.15, 0.2) is 30.3 Å². The molecule has 3 rings (SSSR count). The smallest absolute Gasteiger partial charge is 0.303 e. The fourth-order valence-electron chi connectivity index (χ4n) is 3.50. The summed E-state index contributed by atoms with van der Waals surface area (Å²) < 4.78 is 5.81. The van der Waals surface area contributed by atoms with E-state index in [4.69, 9.17) is 9.84 Å². The number of aliphatic carboxylic acids is 1. The first kappa shape index (κ1) is 16.0. The minimum Gasteiger partial charge on any atom is -0.481 e. The zero-order valence-electron chi connectivity index (χ0n) is 12.8. The summed E-state index contributed by atoms with van der Waals surface area (Å²) in [7, 11) is 0. The number of benzene rings is 1. The van der Waals surface area contributed by atoms with Gasteiger partial charge < -0.3 is 20.3 Å². The van der Waals surface area contributed by atoms with E-state index >= 15 is 0 Å². The van der Waals surface area contributed by atoms with Crippen LogP contribution in [0.3, 0.4) is 0 Å². The monoisotopic (exact) mass is 319 g/mol. The van der Waals surface area contributed by atoms with Crippen LogP contribution in [-0.4, -0.2) is 40.8 Å². The van der Waals surface area contributed by atoms with Crippen molar-refractivity contribution in [2.24, 2.45) is 5.92 Å². The van der Waals surface area contributed by atoms with Crippen LogP contribution in [0, 0.1) is 5.92 Å². The molecule has 1 aliphatic heterocycles. The Hall–Kier alpha value is -1.92. The molecule has 1 heterocycles. The van der Waals surface area contributed by atoms with Gasteiger partial charge in [-0.25, -0.2) is 0 Å². The van der Waals surface area contributed by atoms with Gasteiger partial charge in [0.1, 0.15) is 0 Å². The van der Waals surface area contributed by atoms with Crippen molar-refractivity contribution in [1.82, 2.24) is 5.32 Å². The maximum Gasteiger partial charge on any atom is 0.303 e. The minimum atomic E-state index is -1.00. The summed E-state index contributed by atoms with van der Waals surface area (Å²) >= 11 is 0. The van der Waals surface area contributed by atoms with Crippen LogP contribution in [0.2, 0.25) is 0 Å². The molecular weight excluding hydrogens is 298 g/mol. The summed E-state index contributed by atoms with van der Waals surface area (Å²) in [5.41, 5.74) is -0.195. The Labute approximate surface area is 134 Å². The number of carbonyl (C=O) groups is 2. The highest BCUT2D eigenvalue weighted by Crippen LogP contribution is 2.38. The van der Waals surface area contributed by atoms with Gasteiger partial charge in [-0.15, -0.1) is 0 Å². The maximum atomic E-state index is 12.8. The lowest BCUT2D eigenvalue weighted by Gasteiger charge is -2.42. The van der Waals surface area contributed by atoms with Gasteiger partial charge in [0, 0.05) is 18.6 Å². The van der Waals surface area contributed by atoms with Gasteiger partial charge in [0.25, 0.3) is 5.91 Å². The summed E-state index contributed by atoms with van der Waals surface area (Å²) in [6.45, 7) is 0.522. The van der Waals surface area contributed by atoms with Crippen LogP contribution < -0.4 is 5.32 Å². The molecule has 0 aromatic heterocycles. The molecule has 23 heavy (non-hydrogen) atoms. The van der Waals surface area contributed by atoms with Crippen molar-refractivity contribution in [2.45, 2.75) is 43.4 Å². The molecule has 3 N–H and O–H groups in total. The molecule has 2 fully saturated rings. The first-order valence-corrected chi connectivity index (χ1v) is 7.93. The van der Waals surface area contributed by atoms with E-state index in [1.165, 1.54) is 0 Å². The van der Waals surface area contributed by atoms with E-state index in [2.05, 4.69) is 5.32 Å². The van der Waals surface area contributed by atoms with E-state index < -0.39 is 23.6 Å². The third-order valence-corrected chi connectivity index (χ3v) is 4.86. The topological polar surface area (TPSA) is 95.9 Å². The van der Waals surface area contributed by atoms with Gasteiger partial charge in [0.15, 0.2) is 5.60 Å². The normalized spacial score (nSPS) is 33.0. The third kappa shape index (κ3) is 2.96. The number of carboxylic acids is 1. The molecule has 1 aliphatic carbocycles. The molecule has 1 aromatic carbocycles. The molecule has 0 radical (unpaired) electrons. The lowest BCUT2D eigenvalue weighted by molar-refractivity contribution is -0.150. The van der Waals surface area contributed by atoms with Crippen LogP contribution in [-0.2, 0) is 19.9 Å². The third-order valence-electron chi connectivity index (χ3n) is 4.86. The number of hydrogen-bond acceptors (Lipinski definition) is 4. The predicted octanol–water partition coefficient (Wildman–Crippen LogP) is 1.03. The van der Waals surface area contributed by atoms with Crippen molar-refractivity contribution < 1.29 is 24.5 Å². The lowest BCUT2D eigenvalue weighted by atomic mass is 9.74. The Bertz CT molecular complexity index is 582. The van der Waals surface area contributed by atoms with Crippen molar-refractivity contribution in [3.63, 3.8) is 0 Å². The number of hydrogen-bond donors (Lipinski definition) is 3. The molecule has 0 bridgehead atoms. The number of carboxylic acid groups (broad SMARTS) is 1. The zero-order valence-corrected chi connectivity index (χ0v) is 12.8. The Balaban J connectivity index is 1.74. The number of carbonyl (C=O) groups excluding carboxylic acids is 1. The second kappa shape index (κ2) is 6.29. The first-order valence-electron chi connectivity index (χ1n) is 7.93. The maximum absolute atomic E-state index is 12.8. The van der Waals surface area contributed by atoms with Gasteiger partial charge in [-0.2, -0.15) is 0 Å². The van der Waals surface area contributed by atoms with Crippen molar-refractivity contribution in [3.8, 4) is 0 Å². The summed E-state index contributed by atoms with van der Waals surface area (Å²) in [4.78, 5) is 23.7. The molecule has 6 nitrogen and oxygen atoms in total. The van der Waals surface area contributed by atoms with Crippen LogP contribution in [0.5, 0.6) is 0 Å². The van der Waals surface area contributed by atoms with E-state index in [0.29, 0.717) is 19.4 Å². The Morgan fingerprint density at radius 2 is 2.04 bits per heavy atom. The molecule has 1 unspecified atom stereocenters. The lowest BCUT2D eigenvalue weighted by Crippen LogP contribution is -2.59. The van der Waals surface area contributed by atoms with Crippen molar-refractivity contribution in [1.29, 1.82) is 0 Å². The molecular formula is C17H21NO5. The van der Waals surface area contributed by atoms with Crippen molar-refractivity contribution >= 4 is 11.9 Å². The molecule has 0 spiro atoms. The van der Waals surface area contributed by atoms with Gasteiger partial charge in [-0.05, 0) is 24.8 Å². The fraction of sp³-hybridized carbons (Fsp3) is 0.529. The van der Waals surface area contributed by atoms with Gasteiger partial charge in [-0.3, -0.25) is 9.59 Å². The number of rotatable bonds is 5. The van der Waals surface area contributed by atoms with Crippen LogP contribution >= 0.6 is 0 Å². The average molecular weight is 319 g/mol. The van der Waals surface area contributed by atoms with Crippen LogP contribution in [0.25, 0.3) is 0 Å². The predicted molar refractivity (Wildman–Crippen MR) is 81.6 cm³/mol. The van der Waals surface area contributed by atoms with Gasteiger partial charge in [-0.1, -0.05) is 30.3 Å². The van der Waals surface area contributed by atoms with Crippen LogP contribution in [0.4, 0.5) is 0 Å². The fourth-order valence-corrected chi connectivity index (χ4v) is 3.50. The minimum absolute atomic E-state index is 0.148. The highest BCUT2D eigenvalue weighted by atomic mass is 16.5. The second-order valence-electron chi connectivity index (χ2n) is 6.29. The molecule has 4 atom stereocenters. The number of amides is 1. The van der Waals surface area contributed by atoms with Crippen molar-refractivity contribution in [3.05, 3.63) is 35.9 Å². The summed E-state index contributed by atoms with van der Waals surface area (Å²) in [5.74, 6) is -1.65. The quantitative estimate of drug-likeness (QED) is 0.753. The highest BCUT2D eigenvalue weighted by molar-refractivity contribution is 5.87. The van der Waals surface area contributed by atoms with Crippen LogP contribution in [0.1, 0.15) is 31.2 Å². The van der Waals surface area contributed by atoms with E-state index in [9.17, 15) is 14.7 Å². The summed E-state index contributed by atoms with van der Waals surface area (Å²) in [6.07, 6.45) is 0.962. The molecule has 124 valence electrons. The standard InChI is InChI=1S/C17H21NO5/c19-14-10-13(12(14)9-15(20)21)18-16(22)17(7-4-8-23-17)11-5-2-1-3-6-11/h1-3,5-6,12-14,19H,4,7-10H2,(H,18,22)(H,20,21)/t12-,13+,14-,17?/m1/s1. The summed E-state index contributed by atoms with van der Waals surface area (Å²) in [6, 6.07) is 9.04. The Morgan fingerprint density at radius 1 is 1.30 bits per heavy atom. The first-order chi connectivity index (χ1) is 11.0.